The van der Waals surface area contributed by atoms with Gasteiger partial charge in [-0.3, -0.25) is 0 Å². The van der Waals surface area contributed by atoms with Crippen LogP contribution < -0.4 is 11.1 Å². The summed E-state index contributed by atoms with van der Waals surface area (Å²) < 4.78 is 0.987. The first kappa shape index (κ1) is 14.5. The lowest BCUT2D eigenvalue weighted by Gasteiger charge is -2.30. The van der Waals surface area contributed by atoms with Crippen LogP contribution in [0.3, 0.4) is 0 Å². The summed E-state index contributed by atoms with van der Waals surface area (Å²) in [5.74, 6) is 0. The minimum Gasteiger partial charge on any atom is -0.389 e. The second-order valence-electron chi connectivity index (χ2n) is 4.45. The SMILES string of the molecule is CCC(C)(CC)Nc1ccc(Br)cc1C(N)=S. The molecule has 0 radical (unpaired) electrons. The van der Waals surface area contributed by atoms with Crippen molar-refractivity contribution in [2.75, 3.05) is 5.32 Å². The molecule has 3 N–H and O–H groups in total. The van der Waals surface area contributed by atoms with Gasteiger partial charge in [0.15, 0.2) is 0 Å². The molecule has 1 aromatic rings. The van der Waals surface area contributed by atoms with E-state index in [9.17, 15) is 0 Å². The summed E-state index contributed by atoms with van der Waals surface area (Å²) in [6, 6.07) is 5.97. The van der Waals surface area contributed by atoms with Gasteiger partial charge in [-0.1, -0.05) is 42.0 Å². The van der Waals surface area contributed by atoms with E-state index in [0.29, 0.717) is 4.99 Å². The predicted molar refractivity (Wildman–Crippen MR) is 82.6 cm³/mol. The minimum atomic E-state index is 0.0767. The molecule has 0 unspecified atom stereocenters. The Morgan fingerprint density at radius 1 is 1.41 bits per heavy atom. The van der Waals surface area contributed by atoms with E-state index in [-0.39, 0.29) is 5.54 Å². The van der Waals surface area contributed by atoms with E-state index in [0.717, 1.165) is 28.6 Å². The molecule has 1 aromatic carbocycles. The average molecular weight is 315 g/mol. The highest BCUT2D eigenvalue weighted by atomic mass is 79.9. The van der Waals surface area contributed by atoms with E-state index in [4.69, 9.17) is 18.0 Å². The van der Waals surface area contributed by atoms with Gasteiger partial charge >= 0.3 is 0 Å². The highest BCUT2D eigenvalue weighted by Crippen LogP contribution is 2.27. The Labute approximate surface area is 117 Å². The fraction of sp³-hybridized carbons (Fsp3) is 0.462. The van der Waals surface area contributed by atoms with Gasteiger partial charge in [-0.15, -0.1) is 0 Å². The summed E-state index contributed by atoms with van der Waals surface area (Å²) in [6.45, 7) is 6.56. The van der Waals surface area contributed by atoms with Crippen LogP contribution in [0.5, 0.6) is 0 Å². The largest absolute Gasteiger partial charge is 0.389 e. The summed E-state index contributed by atoms with van der Waals surface area (Å²) in [5.41, 5.74) is 7.73. The molecular formula is C13H19BrN2S. The molecule has 0 aliphatic rings. The molecule has 0 saturated heterocycles. The number of halogens is 1. The fourth-order valence-corrected chi connectivity index (χ4v) is 2.11. The normalized spacial score (nSPS) is 11.3. The van der Waals surface area contributed by atoms with Gasteiger partial charge in [-0.2, -0.15) is 0 Å². The van der Waals surface area contributed by atoms with E-state index < -0.39 is 0 Å². The van der Waals surface area contributed by atoms with Gasteiger partial charge in [-0.05, 0) is 38.0 Å². The number of benzene rings is 1. The van der Waals surface area contributed by atoms with Crippen molar-refractivity contribution in [3.63, 3.8) is 0 Å². The summed E-state index contributed by atoms with van der Waals surface area (Å²) in [4.78, 5) is 0.420. The lowest BCUT2D eigenvalue weighted by Crippen LogP contribution is -2.34. The Hall–Kier alpha value is -0.610. The van der Waals surface area contributed by atoms with Crippen molar-refractivity contribution in [1.82, 2.24) is 0 Å². The van der Waals surface area contributed by atoms with Gasteiger partial charge in [0.05, 0.1) is 0 Å². The van der Waals surface area contributed by atoms with Gasteiger partial charge in [0.1, 0.15) is 4.99 Å². The topological polar surface area (TPSA) is 38.0 Å². The maximum absolute atomic E-state index is 5.76. The first-order valence-electron chi connectivity index (χ1n) is 5.79. The minimum absolute atomic E-state index is 0.0767. The van der Waals surface area contributed by atoms with Crippen LogP contribution in [0, 0.1) is 0 Å². The number of hydrogen-bond acceptors (Lipinski definition) is 2. The summed E-state index contributed by atoms with van der Waals surface area (Å²) >= 11 is 8.52. The number of nitrogens with two attached hydrogens (primary N) is 1. The number of nitrogens with one attached hydrogen (secondary N) is 1. The average Bonchev–Trinajstić information content (AvgIpc) is 2.31. The van der Waals surface area contributed by atoms with Crippen LogP contribution in [0.2, 0.25) is 0 Å². The predicted octanol–water partition coefficient (Wildman–Crippen LogP) is 4.07. The van der Waals surface area contributed by atoms with Crippen molar-refractivity contribution in [3.05, 3.63) is 28.2 Å². The third kappa shape index (κ3) is 3.68. The molecule has 0 aliphatic carbocycles. The molecule has 4 heteroatoms. The Morgan fingerprint density at radius 3 is 2.47 bits per heavy atom. The second kappa shape index (κ2) is 5.83. The Bertz CT molecular complexity index is 414. The third-order valence-corrected chi connectivity index (χ3v) is 3.96. The van der Waals surface area contributed by atoms with Crippen LogP contribution >= 0.6 is 28.1 Å². The van der Waals surface area contributed by atoms with Crippen LogP contribution in [-0.2, 0) is 0 Å². The van der Waals surface area contributed by atoms with Crippen molar-refractivity contribution < 1.29 is 0 Å². The first-order chi connectivity index (χ1) is 7.91. The van der Waals surface area contributed by atoms with Crippen molar-refractivity contribution in [2.45, 2.75) is 39.2 Å². The second-order valence-corrected chi connectivity index (χ2v) is 5.80. The molecule has 0 bridgehead atoms. The first-order valence-corrected chi connectivity index (χ1v) is 6.99. The Kier molecular flexibility index (Phi) is 4.95. The van der Waals surface area contributed by atoms with Crippen LogP contribution in [-0.4, -0.2) is 10.5 Å². The molecule has 0 atom stereocenters. The zero-order valence-corrected chi connectivity index (χ0v) is 12.9. The standard InChI is InChI=1S/C13H19BrN2S/c1-4-13(3,5-2)16-11-7-6-9(14)8-10(11)12(15)17/h6-8,16H,4-5H2,1-3H3,(H2,15,17). The van der Waals surface area contributed by atoms with E-state index in [1.807, 2.05) is 18.2 Å². The smallest absolute Gasteiger partial charge is 0.106 e. The molecule has 0 fully saturated rings. The fourth-order valence-electron chi connectivity index (χ4n) is 1.58. The number of thiocarbonyl (C=S) groups is 1. The highest BCUT2D eigenvalue weighted by Gasteiger charge is 2.20. The van der Waals surface area contributed by atoms with Crippen LogP contribution in [0.4, 0.5) is 5.69 Å². The molecule has 1 rings (SSSR count). The van der Waals surface area contributed by atoms with Crippen LogP contribution in [0.15, 0.2) is 22.7 Å². The van der Waals surface area contributed by atoms with Gasteiger partial charge in [0.2, 0.25) is 0 Å². The van der Waals surface area contributed by atoms with Gasteiger partial charge in [0, 0.05) is 21.3 Å². The van der Waals surface area contributed by atoms with Gasteiger partial charge < -0.3 is 11.1 Å². The Balaban J connectivity index is 3.10. The maximum Gasteiger partial charge on any atom is 0.106 e. The van der Waals surface area contributed by atoms with Crippen molar-refractivity contribution in [2.24, 2.45) is 5.73 Å². The van der Waals surface area contributed by atoms with Crippen LogP contribution in [0.25, 0.3) is 0 Å². The third-order valence-electron chi connectivity index (χ3n) is 3.24. The highest BCUT2D eigenvalue weighted by molar-refractivity contribution is 9.10. The lowest BCUT2D eigenvalue weighted by molar-refractivity contribution is 0.478. The van der Waals surface area contributed by atoms with Crippen molar-refractivity contribution in [1.29, 1.82) is 0 Å². The number of anilines is 1. The lowest BCUT2D eigenvalue weighted by atomic mass is 9.94. The zero-order valence-electron chi connectivity index (χ0n) is 10.5. The monoisotopic (exact) mass is 314 g/mol. The molecule has 0 heterocycles. The summed E-state index contributed by atoms with van der Waals surface area (Å²) in [5, 5.41) is 3.54. The van der Waals surface area contributed by atoms with Crippen molar-refractivity contribution in [3.8, 4) is 0 Å². The molecule has 2 nitrogen and oxygen atoms in total. The van der Waals surface area contributed by atoms with E-state index in [1.54, 1.807) is 0 Å². The molecule has 0 amide bonds. The molecule has 17 heavy (non-hydrogen) atoms. The zero-order chi connectivity index (χ0) is 13.1. The molecule has 0 saturated carbocycles. The number of hydrogen-bond donors (Lipinski definition) is 2. The van der Waals surface area contributed by atoms with Gasteiger partial charge in [-0.25, -0.2) is 0 Å². The van der Waals surface area contributed by atoms with Crippen LogP contribution in [0.1, 0.15) is 39.2 Å². The van der Waals surface area contributed by atoms with E-state index in [1.165, 1.54) is 0 Å². The molecule has 94 valence electrons. The molecular weight excluding hydrogens is 296 g/mol. The maximum atomic E-state index is 5.76. The van der Waals surface area contributed by atoms with E-state index >= 15 is 0 Å². The molecule has 0 aromatic heterocycles. The quantitative estimate of drug-likeness (QED) is 0.804. The van der Waals surface area contributed by atoms with Crippen molar-refractivity contribution >= 4 is 38.8 Å². The summed E-state index contributed by atoms with van der Waals surface area (Å²) in [6.07, 6.45) is 2.10. The summed E-state index contributed by atoms with van der Waals surface area (Å²) in [7, 11) is 0. The molecule has 0 aliphatic heterocycles. The van der Waals surface area contributed by atoms with Gasteiger partial charge in [0.25, 0.3) is 0 Å². The van der Waals surface area contributed by atoms with E-state index in [2.05, 4.69) is 42.0 Å². The number of rotatable bonds is 5. The Morgan fingerprint density at radius 2 is 2.00 bits per heavy atom. The molecule has 0 spiro atoms.